The van der Waals surface area contributed by atoms with E-state index in [0.717, 1.165) is 12.8 Å². The Balaban J connectivity index is 1.65. The van der Waals surface area contributed by atoms with Crippen LogP contribution in [0.4, 0.5) is 0 Å². The number of hydrogen-bond acceptors (Lipinski definition) is 5. The van der Waals surface area contributed by atoms with Gasteiger partial charge in [0, 0.05) is 7.05 Å². The van der Waals surface area contributed by atoms with E-state index in [1.165, 1.54) is 21.8 Å². The minimum absolute atomic E-state index is 0.131. The van der Waals surface area contributed by atoms with E-state index in [1.807, 2.05) is 0 Å². The van der Waals surface area contributed by atoms with Gasteiger partial charge < -0.3 is 4.74 Å². The quantitative estimate of drug-likeness (QED) is 0.627. The maximum absolute atomic E-state index is 12.3. The van der Waals surface area contributed by atoms with Crippen LogP contribution in [0, 0.1) is 11.8 Å². The highest BCUT2D eigenvalue weighted by Gasteiger charge is 2.20. The first-order chi connectivity index (χ1) is 11.1. The molecule has 2 heterocycles. The number of fused-ring (bicyclic) bond motifs is 1. The number of carbonyl (C=O) groups excluding carboxylic acids is 1. The fourth-order valence-corrected chi connectivity index (χ4v) is 2.80. The Morgan fingerprint density at radius 1 is 1.39 bits per heavy atom. The van der Waals surface area contributed by atoms with Gasteiger partial charge in [0.15, 0.2) is 5.65 Å². The zero-order chi connectivity index (χ0) is 16.4. The van der Waals surface area contributed by atoms with Gasteiger partial charge in [0.1, 0.15) is 18.3 Å². The van der Waals surface area contributed by atoms with E-state index in [-0.39, 0.29) is 12.1 Å². The summed E-state index contributed by atoms with van der Waals surface area (Å²) in [5.41, 5.74) is 0.219. The summed E-state index contributed by atoms with van der Waals surface area (Å²) in [5.74, 6) is 0.433. The number of hydrogen-bond donors (Lipinski definition) is 0. The summed E-state index contributed by atoms with van der Waals surface area (Å²) in [6.45, 7) is 2.42. The van der Waals surface area contributed by atoms with Crippen molar-refractivity contribution >= 4 is 17.0 Å². The predicted octanol–water partition coefficient (Wildman–Crippen LogP) is 1.28. The highest BCUT2D eigenvalue weighted by atomic mass is 16.5. The summed E-state index contributed by atoms with van der Waals surface area (Å²) in [4.78, 5) is 28.5. The van der Waals surface area contributed by atoms with Gasteiger partial charge >= 0.3 is 5.97 Å². The average Bonchev–Trinajstić information content (AvgIpc) is 2.91. The van der Waals surface area contributed by atoms with E-state index in [9.17, 15) is 9.59 Å². The largest absolute Gasteiger partial charge is 0.464 e. The lowest BCUT2D eigenvalue weighted by Crippen LogP contribution is -2.28. The fourth-order valence-electron chi connectivity index (χ4n) is 2.80. The predicted molar refractivity (Wildman–Crippen MR) is 84.8 cm³/mol. The molecule has 0 bridgehead atoms. The van der Waals surface area contributed by atoms with Crippen molar-refractivity contribution in [3.05, 3.63) is 35.0 Å². The molecule has 0 saturated heterocycles. The molecule has 2 aromatic heterocycles. The molecule has 0 aliphatic heterocycles. The van der Waals surface area contributed by atoms with Crippen molar-refractivity contribution in [2.45, 2.75) is 26.3 Å². The van der Waals surface area contributed by atoms with Gasteiger partial charge in [-0.25, -0.2) is 4.98 Å². The Labute approximate surface area is 133 Å². The highest BCUT2D eigenvalue weighted by molar-refractivity contribution is 5.74. The summed E-state index contributed by atoms with van der Waals surface area (Å²) in [6.07, 6.45) is 9.06. The van der Waals surface area contributed by atoms with Crippen molar-refractivity contribution in [2.24, 2.45) is 18.9 Å². The SMILES string of the molecule is CC1CC=CCC1COC(=O)Cn1cnc2c(cnn2C)c1=O. The molecular formula is C16H20N4O3. The molecule has 0 fully saturated rings. The summed E-state index contributed by atoms with van der Waals surface area (Å²) in [5, 5.41) is 4.40. The van der Waals surface area contributed by atoms with E-state index in [2.05, 4.69) is 29.2 Å². The van der Waals surface area contributed by atoms with Gasteiger partial charge in [-0.2, -0.15) is 5.10 Å². The number of allylic oxidation sites excluding steroid dienone is 2. The third-order valence-electron chi connectivity index (χ3n) is 4.39. The van der Waals surface area contributed by atoms with Crippen LogP contribution in [0.3, 0.4) is 0 Å². The standard InChI is InChI=1S/C16H20N4O3/c1-11-5-3-4-6-12(11)9-23-14(21)8-20-10-17-15-13(16(20)22)7-18-19(15)2/h3-4,7,10-12H,5-6,8-9H2,1-2H3. The van der Waals surface area contributed by atoms with E-state index in [0.29, 0.717) is 29.5 Å². The normalized spacial score (nSPS) is 20.8. The van der Waals surface area contributed by atoms with Crippen molar-refractivity contribution in [3.63, 3.8) is 0 Å². The maximum atomic E-state index is 12.3. The molecule has 7 nitrogen and oxygen atoms in total. The molecular weight excluding hydrogens is 296 g/mol. The third kappa shape index (κ3) is 3.18. The summed E-state index contributed by atoms with van der Waals surface area (Å²) < 4.78 is 8.13. The van der Waals surface area contributed by atoms with Crippen LogP contribution in [0.2, 0.25) is 0 Å². The van der Waals surface area contributed by atoms with Crippen molar-refractivity contribution in [3.8, 4) is 0 Å². The zero-order valence-electron chi connectivity index (χ0n) is 13.3. The molecule has 2 aromatic rings. The molecule has 2 unspecified atom stereocenters. The number of aryl methyl sites for hydroxylation is 1. The van der Waals surface area contributed by atoms with Crippen LogP contribution >= 0.6 is 0 Å². The maximum Gasteiger partial charge on any atom is 0.326 e. The van der Waals surface area contributed by atoms with E-state index >= 15 is 0 Å². The highest BCUT2D eigenvalue weighted by Crippen LogP contribution is 2.25. The Morgan fingerprint density at radius 3 is 2.96 bits per heavy atom. The molecule has 7 heteroatoms. The summed E-state index contributed by atoms with van der Waals surface area (Å²) in [7, 11) is 1.72. The smallest absolute Gasteiger partial charge is 0.326 e. The second kappa shape index (κ2) is 6.36. The monoisotopic (exact) mass is 316 g/mol. The van der Waals surface area contributed by atoms with E-state index < -0.39 is 5.97 Å². The van der Waals surface area contributed by atoms with Crippen LogP contribution in [0.15, 0.2) is 29.5 Å². The fraction of sp³-hybridized carbons (Fsp3) is 0.500. The average molecular weight is 316 g/mol. The molecule has 0 radical (unpaired) electrons. The topological polar surface area (TPSA) is 79.0 Å². The van der Waals surface area contributed by atoms with Gasteiger partial charge in [0.25, 0.3) is 5.56 Å². The van der Waals surface area contributed by atoms with Crippen LogP contribution in [0.5, 0.6) is 0 Å². The van der Waals surface area contributed by atoms with Gasteiger partial charge in [0.05, 0.1) is 12.8 Å². The third-order valence-corrected chi connectivity index (χ3v) is 4.39. The molecule has 2 atom stereocenters. The number of esters is 1. The Morgan fingerprint density at radius 2 is 2.17 bits per heavy atom. The molecule has 1 aliphatic carbocycles. The number of carbonyl (C=O) groups is 1. The number of rotatable bonds is 4. The van der Waals surface area contributed by atoms with Crippen LogP contribution in [-0.4, -0.2) is 31.9 Å². The zero-order valence-corrected chi connectivity index (χ0v) is 13.3. The van der Waals surface area contributed by atoms with Gasteiger partial charge in [-0.1, -0.05) is 19.1 Å². The Hall–Kier alpha value is -2.44. The lowest BCUT2D eigenvalue weighted by atomic mass is 9.85. The first kappa shape index (κ1) is 15.5. The van der Waals surface area contributed by atoms with Crippen LogP contribution in [0.25, 0.3) is 11.0 Å². The van der Waals surface area contributed by atoms with Crippen LogP contribution in [-0.2, 0) is 23.1 Å². The van der Waals surface area contributed by atoms with Crippen molar-refractivity contribution in [1.29, 1.82) is 0 Å². The van der Waals surface area contributed by atoms with Gasteiger partial charge in [-0.05, 0) is 24.7 Å². The molecule has 0 spiro atoms. The lowest BCUT2D eigenvalue weighted by molar-refractivity contribution is -0.146. The van der Waals surface area contributed by atoms with Crippen molar-refractivity contribution < 1.29 is 9.53 Å². The molecule has 0 aromatic carbocycles. The van der Waals surface area contributed by atoms with E-state index in [1.54, 1.807) is 7.05 Å². The van der Waals surface area contributed by atoms with Crippen molar-refractivity contribution in [2.75, 3.05) is 6.61 Å². The van der Waals surface area contributed by atoms with Gasteiger partial charge in [-0.15, -0.1) is 0 Å². The van der Waals surface area contributed by atoms with Gasteiger partial charge in [0.2, 0.25) is 0 Å². The first-order valence-electron chi connectivity index (χ1n) is 7.74. The molecule has 0 saturated carbocycles. The van der Waals surface area contributed by atoms with Crippen molar-refractivity contribution in [1.82, 2.24) is 19.3 Å². The summed E-state index contributed by atoms with van der Waals surface area (Å²) >= 11 is 0. The molecule has 0 amide bonds. The molecule has 1 aliphatic rings. The molecule has 3 rings (SSSR count). The van der Waals surface area contributed by atoms with E-state index in [4.69, 9.17) is 4.74 Å². The summed E-state index contributed by atoms with van der Waals surface area (Å²) in [6, 6.07) is 0. The first-order valence-corrected chi connectivity index (χ1v) is 7.74. The molecule has 122 valence electrons. The minimum Gasteiger partial charge on any atom is -0.464 e. The number of nitrogens with zero attached hydrogens (tertiary/aromatic N) is 4. The van der Waals surface area contributed by atoms with Gasteiger partial charge in [-0.3, -0.25) is 18.8 Å². The number of ether oxygens (including phenoxy) is 1. The second-order valence-electron chi connectivity index (χ2n) is 6.05. The minimum atomic E-state index is -0.418. The Bertz CT molecular complexity index is 805. The molecule has 23 heavy (non-hydrogen) atoms. The molecule has 0 N–H and O–H groups in total. The Kier molecular flexibility index (Phi) is 4.27. The second-order valence-corrected chi connectivity index (χ2v) is 6.05. The van der Waals surface area contributed by atoms with Crippen LogP contribution < -0.4 is 5.56 Å². The number of aromatic nitrogens is 4. The van der Waals surface area contributed by atoms with Crippen LogP contribution in [0.1, 0.15) is 19.8 Å². The lowest BCUT2D eigenvalue weighted by Gasteiger charge is -2.24.